The molecule has 0 aliphatic rings. The molecule has 3 aromatic heterocycles. The molecule has 0 amide bonds. The number of hydrogen-bond acceptors (Lipinski definition) is 3. The molecule has 0 unspecified atom stereocenters. The van der Waals surface area contributed by atoms with Gasteiger partial charge in [0, 0.05) is 31.0 Å². The van der Waals surface area contributed by atoms with E-state index in [1.165, 1.54) is 46.8 Å². The second-order valence-corrected chi connectivity index (χ2v) is 25.5. The van der Waals surface area contributed by atoms with E-state index in [1.54, 1.807) is 0 Å². The van der Waals surface area contributed by atoms with Crippen molar-refractivity contribution in [2.45, 2.75) is 50.4 Å². The summed E-state index contributed by atoms with van der Waals surface area (Å²) in [6.45, 7) is 8.91. The van der Waals surface area contributed by atoms with Crippen molar-refractivity contribution in [3.63, 3.8) is 0 Å². The Balaban J connectivity index is 0.000000207. The van der Waals surface area contributed by atoms with Gasteiger partial charge in [-0.05, 0) is 56.1 Å². The van der Waals surface area contributed by atoms with Crippen molar-refractivity contribution in [3.05, 3.63) is 139 Å². The van der Waals surface area contributed by atoms with Crippen molar-refractivity contribution >= 4 is 49.2 Å². The molecule has 0 atom stereocenters. The predicted molar refractivity (Wildman–Crippen MR) is 202 cm³/mol. The van der Waals surface area contributed by atoms with Gasteiger partial charge in [0.1, 0.15) is 0 Å². The predicted octanol–water partition coefficient (Wildman–Crippen LogP) is 11.3. The van der Waals surface area contributed by atoms with Crippen LogP contribution < -0.4 is 4.40 Å². The molecule has 1 radical (unpaired) electrons. The topological polar surface area (TPSA) is 25.8 Å². The average Bonchev–Trinajstić information content (AvgIpc) is 3.43. The maximum absolute atomic E-state index is 4.68. The second kappa shape index (κ2) is 14.4. The Hall–Kier alpha value is -3.41. The Labute approximate surface area is 300 Å². The van der Waals surface area contributed by atoms with Crippen molar-refractivity contribution in [1.82, 2.24) is 9.97 Å². The molecule has 0 N–H and O–H groups in total. The van der Waals surface area contributed by atoms with E-state index in [2.05, 4.69) is 152 Å². The first-order valence-electron chi connectivity index (χ1n) is 15.8. The van der Waals surface area contributed by atoms with Crippen LogP contribution in [-0.2, 0) is 25.5 Å². The molecule has 0 fully saturated rings. The van der Waals surface area contributed by atoms with Crippen LogP contribution in [0.15, 0.2) is 116 Å². The summed E-state index contributed by atoms with van der Waals surface area (Å²) in [5, 5.41) is 2.58. The van der Waals surface area contributed by atoms with E-state index in [4.69, 9.17) is 0 Å². The standard InChI is InChI=1S/C27H22NS.C15H18GeN.Ir/c1-27(2,3)20-14-15-28-24(17-20)22-11-7-10-21-23-16-19(18-8-5-4-6-9-18)12-13-25(23)29-26(21)22;1-12-10-15(13-8-6-5-7-9-13)17-11-14(12)16(2,3)4;/h4-10,12-17H,1-3H3;5-8,10-11H,1-4H3;/q2*-1;. The Morgan fingerprint density at radius 1 is 0.702 bits per heavy atom. The number of nitrogens with zero attached hydrogens (tertiary/aromatic N) is 2. The van der Waals surface area contributed by atoms with Crippen molar-refractivity contribution in [2.24, 2.45) is 0 Å². The summed E-state index contributed by atoms with van der Waals surface area (Å²) in [5.74, 6) is 7.20. The van der Waals surface area contributed by atoms with E-state index < -0.39 is 13.3 Å². The summed E-state index contributed by atoms with van der Waals surface area (Å²) >= 11 is 0.0565. The van der Waals surface area contributed by atoms with Crippen LogP contribution >= 0.6 is 11.3 Å². The third-order valence-electron chi connectivity index (χ3n) is 8.32. The third-order valence-corrected chi connectivity index (χ3v) is 14.0. The Morgan fingerprint density at radius 2 is 1.47 bits per heavy atom. The number of thiophene rings is 1. The molecule has 3 heterocycles. The van der Waals surface area contributed by atoms with E-state index in [1.807, 2.05) is 41.8 Å². The van der Waals surface area contributed by atoms with Crippen LogP contribution in [0.2, 0.25) is 17.3 Å². The van der Waals surface area contributed by atoms with Gasteiger partial charge in [-0.3, -0.25) is 0 Å². The van der Waals surface area contributed by atoms with E-state index >= 15 is 0 Å². The molecular formula is C42H40GeIrN2S-2. The molecule has 0 saturated heterocycles. The van der Waals surface area contributed by atoms with E-state index in [0.29, 0.717) is 0 Å². The van der Waals surface area contributed by atoms with Gasteiger partial charge in [-0.1, -0.05) is 68.6 Å². The molecule has 0 bridgehead atoms. The summed E-state index contributed by atoms with van der Waals surface area (Å²) in [6.07, 6.45) is 3.99. The minimum atomic E-state index is -1.77. The fraction of sp³-hybridized carbons (Fsp3) is 0.190. The molecule has 5 heteroatoms. The molecule has 4 aromatic carbocycles. The van der Waals surface area contributed by atoms with E-state index in [9.17, 15) is 0 Å². The molecule has 0 spiro atoms. The maximum Gasteiger partial charge on any atom is 0 e. The number of benzene rings is 4. The molecule has 0 aliphatic carbocycles. The van der Waals surface area contributed by atoms with Crippen molar-refractivity contribution < 1.29 is 20.1 Å². The van der Waals surface area contributed by atoms with E-state index in [0.717, 1.165) is 22.5 Å². The zero-order valence-corrected chi connectivity index (χ0v) is 33.4. The molecule has 7 aromatic rings. The van der Waals surface area contributed by atoms with Crippen molar-refractivity contribution in [2.75, 3.05) is 0 Å². The molecule has 0 aliphatic heterocycles. The summed E-state index contributed by atoms with van der Waals surface area (Å²) < 4.78 is 4.04. The van der Waals surface area contributed by atoms with Crippen LogP contribution in [0.25, 0.3) is 53.8 Å². The van der Waals surface area contributed by atoms with Gasteiger partial charge in [0.25, 0.3) is 0 Å². The third kappa shape index (κ3) is 7.84. The van der Waals surface area contributed by atoms with Gasteiger partial charge >= 0.3 is 106 Å². The fourth-order valence-corrected chi connectivity index (χ4v) is 10.6. The molecule has 0 saturated carbocycles. The zero-order valence-electron chi connectivity index (χ0n) is 28.1. The largest absolute Gasteiger partial charge is 0 e. The van der Waals surface area contributed by atoms with Crippen LogP contribution in [0.4, 0.5) is 0 Å². The molecule has 7 rings (SSSR count). The Morgan fingerprint density at radius 3 is 2.15 bits per heavy atom. The fourth-order valence-electron chi connectivity index (χ4n) is 5.82. The SMILES string of the molecule is CC(C)(C)c1ccnc(-c2[c-]ccc3c2sc2ccc(-c4ccccc4)cc23)c1.Cc1cc(-c2[c-]cccc2)nc[c]1[Ge]([CH3])([CH3])[CH3].[Ir]. The molecule has 2 nitrogen and oxygen atoms in total. The number of rotatable bonds is 4. The van der Waals surface area contributed by atoms with Crippen LogP contribution in [0.5, 0.6) is 0 Å². The monoisotopic (exact) mass is 871 g/mol. The van der Waals surface area contributed by atoms with Crippen LogP contribution in [0, 0.1) is 19.1 Å². The van der Waals surface area contributed by atoms with Crippen molar-refractivity contribution in [3.8, 4) is 33.6 Å². The number of pyridine rings is 2. The summed E-state index contributed by atoms with van der Waals surface area (Å²) in [6, 6.07) is 42.7. The summed E-state index contributed by atoms with van der Waals surface area (Å²) in [4.78, 5) is 9.28. The normalized spacial score (nSPS) is 11.6. The van der Waals surface area contributed by atoms with Gasteiger partial charge in [0.05, 0.1) is 0 Å². The minimum Gasteiger partial charge on any atom is 0 e. The number of aromatic nitrogens is 2. The van der Waals surface area contributed by atoms with Gasteiger partial charge in [-0.25, -0.2) is 0 Å². The number of hydrogen-bond donors (Lipinski definition) is 0. The van der Waals surface area contributed by atoms with Crippen LogP contribution in [-0.4, -0.2) is 23.2 Å². The Bertz CT molecular complexity index is 2120. The number of aryl methyl sites for hydroxylation is 1. The second-order valence-electron chi connectivity index (χ2n) is 13.9. The quantitative estimate of drug-likeness (QED) is 0.130. The molecule has 47 heavy (non-hydrogen) atoms. The van der Waals surface area contributed by atoms with Crippen LogP contribution in [0.1, 0.15) is 31.9 Å². The van der Waals surface area contributed by atoms with Crippen LogP contribution in [0.3, 0.4) is 0 Å². The van der Waals surface area contributed by atoms with Gasteiger partial charge in [0.2, 0.25) is 0 Å². The van der Waals surface area contributed by atoms with Gasteiger partial charge < -0.3 is 4.98 Å². The van der Waals surface area contributed by atoms with Gasteiger partial charge in [0.15, 0.2) is 0 Å². The first kappa shape index (κ1) is 34.9. The van der Waals surface area contributed by atoms with Gasteiger partial charge in [-0.2, -0.15) is 11.3 Å². The zero-order chi connectivity index (χ0) is 32.5. The first-order chi connectivity index (χ1) is 22.0. The summed E-state index contributed by atoms with van der Waals surface area (Å²) in [5.41, 5.74) is 9.45. The van der Waals surface area contributed by atoms with E-state index in [-0.39, 0.29) is 25.5 Å². The molecule has 239 valence electrons. The molecular weight excluding hydrogens is 829 g/mol. The first-order valence-corrected chi connectivity index (χ1v) is 24.0. The van der Waals surface area contributed by atoms with Crippen molar-refractivity contribution in [1.29, 1.82) is 0 Å². The smallest absolute Gasteiger partial charge is 0 e. The number of fused-ring (bicyclic) bond motifs is 3. The minimum absolute atomic E-state index is 0. The Kier molecular flexibility index (Phi) is 10.7. The van der Waals surface area contributed by atoms with Gasteiger partial charge in [-0.15, -0.1) is 23.8 Å². The average molecular weight is 870 g/mol. The maximum atomic E-state index is 4.68. The summed E-state index contributed by atoms with van der Waals surface area (Å²) in [7, 11) is 0.